The van der Waals surface area contributed by atoms with Gasteiger partial charge in [0.25, 0.3) is 0 Å². The van der Waals surface area contributed by atoms with Crippen molar-refractivity contribution in [3.05, 3.63) is 41.5 Å². The minimum Gasteiger partial charge on any atom is -0.478 e. The molecular weight excluding hydrogens is 266 g/mol. The van der Waals surface area contributed by atoms with Gasteiger partial charge in [-0.15, -0.1) is 0 Å². The lowest BCUT2D eigenvalue weighted by molar-refractivity contribution is -0.131. The lowest BCUT2D eigenvalue weighted by Crippen LogP contribution is -2.29. The summed E-state index contributed by atoms with van der Waals surface area (Å²) >= 11 is 0. The second kappa shape index (κ2) is 7.07. The van der Waals surface area contributed by atoms with E-state index in [-0.39, 0.29) is 17.4 Å². The highest BCUT2D eigenvalue weighted by Crippen LogP contribution is 2.20. The van der Waals surface area contributed by atoms with Crippen LogP contribution in [0.15, 0.2) is 30.3 Å². The first kappa shape index (κ1) is 17.0. The van der Waals surface area contributed by atoms with Crippen molar-refractivity contribution in [1.29, 1.82) is 0 Å². The fraction of sp³-hybridized carbons (Fsp3) is 0.412. The highest BCUT2D eigenvalue weighted by atomic mass is 16.4. The molecule has 21 heavy (non-hydrogen) atoms. The lowest BCUT2D eigenvalue weighted by Gasteiger charge is -2.20. The summed E-state index contributed by atoms with van der Waals surface area (Å²) in [5.41, 5.74) is 1.70. The summed E-state index contributed by atoms with van der Waals surface area (Å²) in [6.07, 6.45) is 3.10. The van der Waals surface area contributed by atoms with E-state index in [1.54, 1.807) is 0 Å². The third kappa shape index (κ3) is 6.75. The number of carbonyl (C=O) groups excluding carboxylic acids is 1. The number of amides is 1. The van der Waals surface area contributed by atoms with Crippen molar-refractivity contribution in [2.75, 3.05) is 0 Å². The number of aliphatic carboxylic acids is 1. The van der Waals surface area contributed by atoms with Crippen LogP contribution in [0.2, 0.25) is 0 Å². The molecule has 1 rings (SSSR count). The van der Waals surface area contributed by atoms with Crippen molar-refractivity contribution in [3.8, 4) is 0 Å². The lowest BCUT2D eigenvalue weighted by atomic mass is 9.91. The molecule has 1 atom stereocenters. The second-order valence-electron chi connectivity index (χ2n) is 6.37. The zero-order valence-electron chi connectivity index (χ0n) is 13.0. The smallest absolute Gasteiger partial charge is 0.328 e. The molecule has 0 saturated carbocycles. The Morgan fingerprint density at radius 1 is 1.33 bits per heavy atom. The number of benzene rings is 1. The highest BCUT2D eigenvalue weighted by Gasteiger charge is 2.17. The maximum atomic E-state index is 11.9. The van der Waals surface area contributed by atoms with E-state index in [0.717, 1.165) is 17.2 Å². The van der Waals surface area contributed by atoms with Gasteiger partial charge >= 0.3 is 5.97 Å². The van der Waals surface area contributed by atoms with Crippen LogP contribution in [0.25, 0.3) is 6.08 Å². The normalized spacial score (nSPS) is 13.1. The average Bonchev–Trinajstić information content (AvgIpc) is 2.34. The van der Waals surface area contributed by atoms with E-state index in [2.05, 4.69) is 5.32 Å². The molecule has 1 amide bonds. The van der Waals surface area contributed by atoms with E-state index in [0.29, 0.717) is 6.42 Å². The standard InChI is InChI=1S/C17H23NO3/c1-12(18-15(19)11-17(2,3)4)14-7-5-6-13(10-14)8-9-16(20)21/h5-10,12H,11H2,1-4H3,(H,18,19)(H,20,21). The van der Waals surface area contributed by atoms with E-state index >= 15 is 0 Å². The zero-order valence-corrected chi connectivity index (χ0v) is 13.0. The minimum atomic E-state index is -0.980. The highest BCUT2D eigenvalue weighted by molar-refractivity contribution is 5.85. The van der Waals surface area contributed by atoms with E-state index in [9.17, 15) is 9.59 Å². The molecule has 0 heterocycles. The monoisotopic (exact) mass is 289 g/mol. The number of nitrogens with one attached hydrogen (secondary N) is 1. The molecule has 0 saturated heterocycles. The van der Waals surface area contributed by atoms with Gasteiger partial charge in [-0.2, -0.15) is 0 Å². The van der Waals surface area contributed by atoms with E-state index in [4.69, 9.17) is 5.11 Å². The Labute approximate surface area is 125 Å². The summed E-state index contributed by atoms with van der Waals surface area (Å²) < 4.78 is 0. The second-order valence-corrected chi connectivity index (χ2v) is 6.37. The number of rotatable bonds is 5. The van der Waals surface area contributed by atoms with Gasteiger partial charge in [0.1, 0.15) is 0 Å². The topological polar surface area (TPSA) is 66.4 Å². The van der Waals surface area contributed by atoms with Gasteiger partial charge in [0.05, 0.1) is 6.04 Å². The summed E-state index contributed by atoms with van der Waals surface area (Å²) in [6, 6.07) is 7.36. The Balaban J connectivity index is 2.74. The molecular formula is C17H23NO3. The number of hydrogen-bond acceptors (Lipinski definition) is 2. The van der Waals surface area contributed by atoms with Gasteiger partial charge in [0.2, 0.25) is 5.91 Å². The molecule has 114 valence electrons. The molecule has 4 heteroatoms. The van der Waals surface area contributed by atoms with Crippen LogP contribution in [0, 0.1) is 5.41 Å². The first-order valence-corrected chi connectivity index (χ1v) is 6.98. The molecule has 0 fully saturated rings. The predicted octanol–water partition coefficient (Wildman–Crippen LogP) is 3.40. The van der Waals surface area contributed by atoms with Gasteiger partial charge in [-0.3, -0.25) is 4.79 Å². The molecule has 4 nitrogen and oxygen atoms in total. The number of hydrogen-bond donors (Lipinski definition) is 2. The summed E-state index contributed by atoms with van der Waals surface area (Å²) in [6.45, 7) is 7.98. The van der Waals surface area contributed by atoms with Crippen molar-refractivity contribution in [3.63, 3.8) is 0 Å². The average molecular weight is 289 g/mol. The van der Waals surface area contributed by atoms with Crippen molar-refractivity contribution >= 4 is 18.0 Å². The Bertz CT molecular complexity index is 541. The Morgan fingerprint density at radius 2 is 2.00 bits per heavy atom. The van der Waals surface area contributed by atoms with Gasteiger partial charge in [-0.1, -0.05) is 39.0 Å². The maximum absolute atomic E-state index is 11.9. The van der Waals surface area contributed by atoms with Gasteiger partial charge in [-0.05, 0) is 35.6 Å². The first-order valence-electron chi connectivity index (χ1n) is 6.98. The van der Waals surface area contributed by atoms with Crippen LogP contribution in [0.1, 0.15) is 51.3 Å². The Hall–Kier alpha value is -2.10. The fourth-order valence-corrected chi connectivity index (χ4v) is 1.96. The molecule has 2 N–H and O–H groups in total. The van der Waals surface area contributed by atoms with Crippen molar-refractivity contribution < 1.29 is 14.7 Å². The van der Waals surface area contributed by atoms with Gasteiger partial charge < -0.3 is 10.4 Å². The first-order chi connectivity index (χ1) is 9.67. The van der Waals surface area contributed by atoms with E-state index < -0.39 is 5.97 Å². The summed E-state index contributed by atoms with van der Waals surface area (Å²) in [7, 11) is 0. The van der Waals surface area contributed by atoms with Gasteiger partial charge in [-0.25, -0.2) is 4.79 Å². The van der Waals surface area contributed by atoms with Crippen molar-refractivity contribution in [2.24, 2.45) is 5.41 Å². The van der Waals surface area contributed by atoms with Gasteiger partial charge in [0, 0.05) is 12.5 Å². The van der Waals surface area contributed by atoms with Crippen LogP contribution in [-0.4, -0.2) is 17.0 Å². The summed E-state index contributed by atoms with van der Waals surface area (Å²) in [5, 5.41) is 11.6. The molecule has 0 bridgehead atoms. The van der Waals surface area contributed by atoms with E-state index in [1.165, 1.54) is 6.08 Å². The zero-order chi connectivity index (χ0) is 16.0. The Kier molecular flexibility index (Phi) is 5.70. The molecule has 0 radical (unpaired) electrons. The molecule has 0 aromatic heterocycles. The van der Waals surface area contributed by atoms with Crippen molar-refractivity contribution in [1.82, 2.24) is 5.32 Å². The molecule has 1 aromatic rings. The number of carboxylic acids is 1. The summed E-state index contributed by atoms with van der Waals surface area (Å²) in [4.78, 5) is 22.5. The van der Waals surface area contributed by atoms with Crippen LogP contribution >= 0.6 is 0 Å². The molecule has 1 unspecified atom stereocenters. The third-order valence-corrected chi connectivity index (χ3v) is 2.90. The minimum absolute atomic E-state index is 0.0153. The molecule has 0 spiro atoms. The predicted molar refractivity (Wildman–Crippen MR) is 83.7 cm³/mol. The summed E-state index contributed by atoms with van der Waals surface area (Å²) in [5.74, 6) is -0.964. The number of carbonyl (C=O) groups is 2. The van der Waals surface area contributed by atoms with Crippen LogP contribution in [0.4, 0.5) is 0 Å². The van der Waals surface area contributed by atoms with Crippen molar-refractivity contribution in [2.45, 2.75) is 40.2 Å². The van der Waals surface area contributed by atoms with E-state index in [1.807, 2.05) is 52.0 Å². The van der Waals surface area contributed by atoms with Crippen LogP contribution < -0.4 is 5.32 Å². The quantitative estimate of drug-likeness (QED) is 0.816. The third-order valence-electron chi connectivity index (χ3n) is 2.90. The molecule has 0 aliphatic rings. The van der Waals surface area contributed by atoms with Crippen LogP contribution in [0.3, 0.4) is 0 Å². The van der Waals surface area contributed by atoms with Crippen LogP contribution in [-0.2, 0) is 9.59 Å². The van der Waals surface area contributed by atoms with Gasteiger partial charge in [0.15, 0.2) is 0 Å². The Morgan fingerprint density at radius 3 is 2.57 bits per heavy atom. The van der Waals surface area contributed by atoms with Crippen LogP contribution in [0.5, 0.6) is 0 Å². The molecule has 0 aliphatic heterocycles. The fourth-order valence-electron chi connectivity index (χ4n) is 1.96. The maximum Gasteiger partial charge on any atom is 0.328 e. The molecule has 0 aliphatic carbocycles. The number of carboxylic acid groups (broad SMARTS) is 1. The molecule has 1 aromatic carbocycles. The SMILES string of the molecule is CC(NC(=O)CC(C)(C)C)c1cccc(C=CC(=O)O)c1. The largest absolute Gasteiger partial charge is 0.478 e.